The van der Waals surface area contributed by atoms with Crippen LogP contribution in [0.2, 0.25) is 0 Å². The van der Waals surface area contributed by atoms with Crippen LogP contribution >= 0.6 is 0 Å². The molecule has 1 fully saturated rings. The number of nitrogens with one attached hydrogen (secondary N) is 2. The van der Waals surface area contributed by atoms with E-state index < -0.39 is 0 Å². The van der Waals surface area contributed by atoms with Gasteiger partial charge in [-0.25, -0.2) is 0 Å². The van der Waals surface area contributed by atoms with E-state index in [9.17, 15) is 4.79 Å². The van der Waals surface area contributed by atoms with Crippen molar-refractivity contribution in [2.45, 2.75) is 51.3 Å². The van der Waals surface area contributed by atoms with E-state index in [1.165, 1.54) is 0 Å². The summed E-state index contributed by atoms with van der Waals surface area (Å²) in [5.41, 5.74) is 0.809. The second kappa shape index (κ2) is 7.41. The van der Waals surface area contributed by atoms with Crippen LogP contribution in [0.4, 0.5) is 5.69 Å². The number of hydrogen-bond donors (Lipinski definition) is 2. The molecular weight excluding hydrogens is 252 g/mol. The fourth-order valence-corrected chi connectivity index (χ4v) is 2.65. The molecule has 110 valence electrons. The molecule has 20 heavy (non-hydrogen) atoms. The van der Waals surface area contributed by atoms with E-state index in [0.717, 1.165) is 24.9 Å². The molecule has 4 nitrogen and oxygen atoms in total. The second-order valence-corrected chi connectivity index (χ2v) is 5.42. The van der Waals surface area contributed by atoms with E-state index in [-0.39, 0.29) is 18.6 Å². The first-order valence-electron chi connectivity index (χ1n) is 7.41. The van der Waals surface area contributed by atoms with Gasteiger partial charge >= 0.3 is 0 Å². The van der Waals surface area contributed by atoms with Crippen LogP contribution in [0.5, 0.6) is 0 Å². The van der Waals surface area contributed by atoms with Gasteiger partial charge in [0.15, 0.2) is 0 Å². The number of carbonyl (C=O) groups is 1. The largest absolute Gasteiger partial charge is 0.367 e. The molecule has 0 radical (unpaired) electrons. The summed E-state index contributed by atoms with van der Waals surface area (Å²) in [6.07, 6.45) is 3.28. The molecule has 1 amide bonds. The Morgan fingerprint density at radius 2 is 2.10 bits per heavy atom. The number of piperidine rings is 1. The smallest absolute Gasteiger partial charge is 0.250 e. The molecule has 2 rings (SSSR count). The van der Waals surface area contributed by atoms with Crippen molar-refractivity contribution in [3.63, 3.8) is 0 Å². The molecule has 1 saturated heterocycles. The number of rotatable bonds is 5. The lowest BCUT2D eigenvalue weighted by Gasteiger charge is -2.35. The van der Waals surface area contributed by atoms with Crippen LogP contribution in [0.15, 0.2) is 30.3 Å². The molecule has 0 aromatic heterocycles. The Kier molecular flexibility index (Phi) is 5.56. The van der Waals surface area contributed by atoms with Gasteiger partial charge in [-0.3, -0.25) is 4.79 Å². The zero-order valence-corrected chi connectivity index (χ0v) is 12.3. The predicted molar refractivity (Wildman–Crippen MR) is 80.7 cm³/mol. The van der Waals surface area contributed by atoms with Gasteiger partial charge in [-0.05, 0) is 38.3 Å². The Bertz CT molecular complexity index is 422. The molecular formula is C16H24N2O2. The van der Waals surface area contributed by atoms with Crippen molar-refractivity contribution in [2.24, 2.45) is 0 Å². The van der Waals surface area contributed by atoms with Gasteiger partial charge < -0.3 is 15.4 Å². The van der Waals surface area contributed by atoms with Crippen LogP contribution in [0.3, 0.4) is 0 Å². The summed E-state index contributed by atoms with van der Waals surface area (Å²) in [6, 6.07) is 10.4. The highest BCUT2D eigenvalue weighted by molar-refractivity contribution is 5.91. The number of hydrogen-bond acceptors (Lipinski definition) is 3. The van der Waals surface area contributed by atoms with Crippen LogP contribution in [-0.2, 0) is 9.53 Å². The molecule has 4 heteroatoms. The minimum absolute atomic E-state index is 0.0929. The topological polar surface area (TPSA) is 50.4 Å². The summed E-state index contributed by atoms with van der Waals surface area (Å²) in [5, 5.41) is 6.37. The van der Waals surface area contributed by atoms with Crippen LogP contribution < -0.4 is 10.6 Å². The molecule has 1 aliphatic rings. The summed E-state index contributed by atoms with van der Waals surface area (Å²) in [4.78, 5) is 11.9. The highest BCUT2D eigenvalue weighted by Gasteiger charge is 2.27. The predicted octanol–water partition coefficient (Wildman–Crippen LogP) is 2.56. The Balaban J connectivity index is 1.78. The zero-order chi connectivity index (χ0) is 14.4. The van der Waals surface area contributed by atoms with Gasteiger partial charge in [0, 0.05) is 17.8 Å². The summed E-state index contributed by atoms with van der Waals surface area (Å²) in [7, 11) is 0. The van der Waals surface area contributed by atoms with Crippen LogP contribution in [0.1, 0.15) is 33.1 Å². The van der Waals surface area contributed by atoms with E-state index >= 15 is 0 Å². The molecule has 1 heterocycles. The van der Waals surface area contributed by atoms with E-state index in [1.807, 2.05) is 30.3 Å². The summed E-state index contributed by atoms with van der Waals surface area (Å²) < 4.78 is 5.79. The molecule has 0 bridgehead atoms. The van der Waals surface area contributed by atoms with Crippen molar-refractivity contribution in [3.8, 4) is 0 Å². The van der Waals surface area contributed by atoms with E-state index in [1.54, 1.807) is 0 Å². The average Bonchev–Trinajstić information content (AvgIpc) is 2.47. The van der Waals surface area contributed by atoms with Gasteiger partial charge in [0.05, 0.1) is 6.10 Å². The van der Waals surface area contributed by atoms with Crippen LogP contribution in [-0.4, -0.2) is 30.7 Å². The minimum atomic E-state index is -0.0929. The summed E-state index contributed by atoms with van der Waals surface area (Å²) >= 11 is 0. The number of carbonyl (C=O) groups excluding carboxylic acids is 1. The van der Waals surface area contributed by atoms with Crippen LogP contribution in [0, 0.1) is 0 Å². The number of benzene rings is 1. The Hall–Kier alpha value is -1.39. The quantitative estimate of drug-likeness (QED) is 0.869. The first-order valence-corrected chi connectivity index (χ1v) is 7.41. The summed E-state index contributed by atoms with van der Waals surface area (Å²) in [6.45, 7) is 4.46. The van der Waals surface area contributed by atoms with Gasteiger partial charge in [-0.15, -0.1) is 0 Å². The Morgan fingerprint density at radius 3 is 2.80 bits per heavy atom. The van der Waals surface area contributed by atoms with E-state index in [2.05, 4.69) is 24.5 Å². The lowest BCUT2D eigenvalue weighted by atomic mass is 9.95. The monoisotopic (exact) mass is 276 g/mol. The molecule has 2 N–H and O–H groups in total. The summed E-state index contributed by atoms with van der Waals surface area (Å²) in [5.74, 6) is -0.0929. The molecule has 1 aliphatic heterocycles. The standard InChI is InChI=1S/C16H24N2O2/c1-3-14-15(10-9-12(2)17-14)20-11-16(19)18-13-7-5-4-6-8-13/h4-8,12,14-15,17H,3,9-11H2,1-2H3,(H,18,19). The third-order valence-electron chi connectivity index (χ3n) is 3.76. The van der Waals surface area contributed by atoms with E-state index in [0.29, 0.717) is 12.1 Å². The first-order chi connectivity index (χ1) is 9.69. The first kappa shape index (κ1) is 15.0. The number of para-hydroxylation sites is 1. The number of amides is 1. The highest BCUT2D eigenvalue weighted by Crippen LogP contribution is 2.18. The molecule has 0 spiro atoms. The Labute approximate surface area is 120 Å². The van der Waals surface area contributed by atoms with Crippen molar-refractivity contribution in [2.75, 3.05) is 11.9 Å². The molecule has 3 atom stereocenters. The van der Waals surface area contributed by atoms with Crippen molar-refractivity contribution < 1.29 is 9.53 Å². The Morgan fingerprint density at radius 1 is 1.35 bits per heavy atom. The maximum absolute atomic E-state index is 11.9. The van der Waals surface area contributed by atoms with Gasteiger partial charge in [-0.2, -0.15) is 0 Å². The van der Waals surface area contributed by atoms with Crippen molar-refractivity contribution in [3.05, 3.63) is 30.3 Å². The fourth-order valence-electron chi connectivity index (χ4n) is 2.65. The van der Waals surface area contributed by atoms with E-state index in [4.69, 9.17) is 4.74 Å². The van der Waals surface area contributed by atoms with Gasteiger partial charge in [0.2, 0.25) is 5.91 Å². The lowest BCUT2D eigenvalue weighted by Crippen LogP contribution is -2.50. The van der Waals surface area contributed by atoms with Gasteiger partial charge in [0.25, 0.3) is 0 Å². The normalized spacial score (nSPS) is 26.2. The van der Waals surface area contributed by atoms with Crippen molar-refractivity contribution in [1.82, 2.24) is 5.32 Å². The molecule has 0 aliphatic carbocycles. The zero-order valence-electron chi connectivity index (χ0n) is 12.3. The minimum Gasteiger partial charge on any atom is -0.367 e. The SMILES string of the molecule is CCC1NC(C)CCC1OCC(=O)Nc1ccccc1. The third kappa shape index (κ3) is 4.32. The van der Waals surface area contributed by atoms with Gasteiger partial charge in [0.1, 0.15) is 6.61 Å². The molecule has 3 unspecified atom stereocenters. The van der Waals surface area contributed by atoms with Gasteiger partial charge in [-0.1, -0.05) is 25.1 Å². The van der Waals surface area contributed by atoms with Crippen molar-refractivity contribution >= 4 is 11.6 Å². The van der Waals surface area contributed by atoms with Crippen LogP contribution in [0.25, 0.3) is 0 Å². The van der Waals surface area contributed by atoms with Crippen molar-refractivity contribution in [1.29, 1.82) is 0 Å². The second-order valence-electron chi connectivity index (χ2n) is 5.42. The lowest BCUT2D eigenvalue weighted by molar-refractivity contribution is -0.124. The maximum Gasteiger partial charge on any atom is 0.250 e. The molecule has 1 aromatic rings. The number of ether oxygens (including phenoxy) is 1. The number of anilines is 1. The highest BCUT2D eigenvalue weighted by atomic mass is 16.5. The average molecular weight is 276 g/mol. The molecule has 1 aromatic carbocycles. The third-order valence-corrected chi connectivity index (χ3v) is 3.76. The fraction of sp³-hybridized carbons (Fsp3) is 0.562. The molecule has 0 saturated carbocycles. The maximum atomic E-state index is 11.9.